The average molecular weight is 374 g/mol. The number of benzene rings is 1. The molecule has 7 heteroatoms. The van der Waals surface area contributed by atoms with E-state index in [9.17, 15) is 8.42 Å². The summed E-state index contributed by atoms with van der Waals surface area (Å²) < 4.78 is 23.7. The van der Waals surface area contributed by atoms with Crippen LogP contribution in [-0.2, 0) is 9.84 Å². The molecule has 3 aromatic rings. The summed E-state index contributed by atoms with van der Waals surface area (Å²) in [6.07, 6.45) is 2.22. The summed E-state index contributed by atoms with van der Waals surface area (Å²) in [4.78, 5) is 13.1. The third-order valence-corrected chi connectivity index (χ3v) is 7.83. The van der Waals surface area contributed by atoms with E-state index < -0.39 is 9.84 Å². The van der Waals surface area contributed by atoms with E-state index in [2.05, 4.69) is 29.0 Å². The molecule has 1 saturated heterocycles. The summed E-state index contributed by atoms with van der Waals surface area (Å²) >= 11 is 1.65. The smallest absolute Gasteiger partial charge is 0.152 e. The monoisotopic (exact) mass is 373 g/mol. The Balaban J connectivity index is 1.82. The lowest BCUT2D eigenvalue weighted by molar-refractivity contribution is 0.600. The number of aryl methyl sites for hydroxylation is 1. The van der Waals surface area contributed by atoms with Crippen LogP contribution in [0.1, 0.15) is 12.0 Å². The highest BCUT2D eigenvalue weighted by atomic mass is 32.2. The van der Waals surface area contributed by atoms with Gasteiger partial charge in [0, 0.05) is 18.0 Å². The second-order valence-electron chi connectivity index (χ2n) is 6.47. The van der Waals surface area contributed by atoms with Gasteiger partial charge in [-0.1, -0.05) is 30.3 Å². The topological polar surface area (TPSA) is 63.2 Å². The SMILES string of the molecule is Cc1c(-c2ccccc2)sc2ncnc(N(C)[C@@H]3CCS(=O)(=O)C3)c12. The third kappa shape index (κ3) is 2.91. The maximum atomic E-state index is 11.8. The first kappa shape index (κ1) is 16.5. The minimum absolute atomic E-state index is 0.0254. The van der Waals surface area contributed by atoms with Crippen molar-refractivity contribution in [2.45, 2.75) is 19.4 Å². The van der Waals surface area contributed by atoms with Gasteiger partial charge < -0.3 is 4.90 Å². The van der Waals surface area contributed by atoms with E-state index >= 15 is 0 Å². The number of nitrogens with zero attached hydrogens (tertiary/aromatic N) is 3. The minimum atomic E-state index is -2.93. The number of aromatic nitrogens is 2. The molecule has 4 rings (SSSR count). The Kier molecular flexibility index (Phi) is 4.00. The molecule has 0 amide bonds. The van der Waals surface area contributed by atoms with Gasteiger partial charge in [0.05, 0.1) is 16.9 Å². The molecule has 2 aromatic heterocycles. The van der Waals surface area contributed by atoms with Crippen molar-refractivity contribution in [3.8, 4) is 10.4 Å². The minimum Gasteiger partial charge on any atom is -0.355 e. The fourth-order valence-electron chi connectivity index (χ4n) is 3.44. The molecule has 1 fully saturated rings. The Bertz CT molecular complexity index is 1030. The normalized spacial score (nSPS) is 19.4. The molecule has 0 unspecified atom stereocenters. The first-order chi connectivity index (χ1) is 12.0. The highest BCUT2D eigenvalue weighted by Gasteiger charge is 2.32. The van der Waals surface area contributed by atoms with Crippen LogP contribution in [0.3, 0.4) is 0 Å². The van der Waals surface area contributed by atoms with Crippen LogP contribution < -0.4 is 4.90 Å². The molecule has 25 heavy (non-hydrogen) atoms. The second-order valence-corrected chi connectivity index (χ2v) is 9.70. The molecular formula is C18H19N3O2S2. The molecule has 1 aromatic carbocycles. The zero-order valence-electron chi connectivity index (χ0n) is 14.1. The zero-order chi connectivity index (χ0) is 17.6. The Morgan fingerprint density at radius 3 is 2.64 bits per heavy atom. The van der Waals surface area contributed by atoms with E-state index in [1.165, 1.54) is 10.4 Å². The molecule has 5 nitrogen and oxygen atoms in total. The van der Waals surface area contributed by atoms with E-state index in [1.54, 1.807) is 17.7 Å². The molecule has 3 heterocycles. The molecule has 1 aliphatic heterocycles. The van der Waals surface area contributed by atoms with Crippen molar-refractivity contribution in [2.75, 3.05) is 23.5 Å². The van der Waals surface area contributed by atoms with E-state index in [-0.39, 0.29) is 17.5 Å². The van der Waals surface area contributed by atoms with Gasteiger partial charge in [0.25, 0.3) is 0 Å². The molecular weight excluding hydrogens is 354 g/mol. The Hall–Kier alpha value is -1.99. The summed E-state index contributed by atoms with van der Waals surface area (Å²) in [6.45, 7) is 2.09. The summed E-state index contributed by atoms with van der Waals surface area (Å²) in [6, 6.07) is 10.2. The summed E-state index contributed by atoms with van der Waals surface area (Å²) in [5, 5.41) is 1.03. The van der Waals surface area contributed by atoms with Crippen LogP contribution >= 0.6 is 11.3 Å². The van der Waals surface area contributed by atoms with Crippen molar-refractivity contribution < 1.29 is 8.42 Å². The van der Waals surface area contributed by atoms with Crippen molar-refractivity contribution in [2.24, 2.45) is 0 Å². The van der Waals surface area contributed by atoms with Crippen molar-refractivity contribution in [1.29, 1.82) is 0 Å². The number of hydrogen-bond acceptors (Lipinski definition) is 6. The van der Waals surface area contributed by atoms with Gasteiger partial charge in [0.2, 0.25) is 0 Å². The van der Waals surface area contributed by atoms with Gasteiger partial charge in [-0.25, -0.2) is 18.4 Å². The molecule has 0 aliphatic carbocycles. The van der Waals surface area contributed by atoms with E-state index in [0.29, 0.717) is 6.42 Å². The maximum absolute atomic E-state index is 11.8. The van der Waals surface area contributed by atoms with Crippen molar-refractivity contribution in [1.82, 2.24) is 9.97 Å². The van der Waals surface area contributed by atoms with Crippen LogP contribution in [0.4, 0.5) is 5.82 Å². The first-order valence-electron chi connectivity index (χ1n) is 8.19. The van der Waals surface area contributed by atoms with Crippen LogP contribution in [0.5, 0.6) is 0 Å². The van der Waals surface area contributed by atoms with Gasteiger partial charge in [-0.3, -0.25) is 0 Å². The van der Waals surface area contributed by atoms with Crippen LogP contribution in [0.25, 0.3) is 20.7 Å². The Morgan fingerprint density at radius 2 is 1.96 bits per heavy atom. The summed E-state index contributed by atoms with van der Waals surface area (Å²) in [7, 11) is -0.995. The number of fused-ring (bicyclic) bond motifs is 1. The van der Waals surface area contributed by atoms with Gasteiger partial charge >= 0.3 is 0 Å². The summed E-state index contributed by atoms with van der Waals surface area (Å²) in [5.74, 6) is 1.28. The number of sulfone groups is 1. The van der Waals surface area contributed by atoms with Crippen LogP contribution in [0, 0.1) is 6.92 Å². The van der Waals surface area contributed by atoms with Gasteiger partial charge in [0.1, 0.15) is 17.0 Å². The molecule has 130 valence electrons. The fourth-order valence-corrected chi connectivity index (χ4v) is 6.36. The van der Waals surface area contributed by atoms with Crippen molar-refractivity contribution in [3.05, 3.63) is 42.2 Å². The maximum Gasteiger partial charge on any atom is 0.152 e. The number of anilines is 1. The Labute approximate surface area is 151 Å². The van der Waals surface area contributed by atoms with Crippen LogP contribution in [-0.4, -0.2) is 43.0 Å². The summed E-state index contributed by atoms with van der Waals surface area (Å²) in [5.41, 5.74) is 2.31. The molecule has 1 aliphatic rings. The quantitative estimate of drug-likeness (QED) is 0.705. The predicted octanol–water partition coefficient (Wildman–Crippen LogP) is 3.29. The van der Waals surface area contributed by atoms with Crippen LogP contribution in [0.15, 0.2) is 36.7 Å². The highest BCUT2D eigenvalue weighted by molar-refractivity contribution is 7.91. The van der Waals surface area contributed by atoms with Crippen LogP contribution in [0.2, 0.25) is 0 Å². The van der Waals surface area contributed by atoms with Gasteiger partial charge in [0.15, 0.2) is 9.84 Å². The molecule has 0 bridgehead atoms. The van der Waals surface area contributed by atoms with Crippen molar-refractivity contribution in [3.63, 3.8) is 0 Å². The van der Waals surface area contributed by atoms with E-state index in [4.69, 9.17) is 0 Å². The molecule has 0 spiro atoms. The van der Waals surface area contributed by atoms with Gasteiger partial charge in [-0.05, 0) is 24.5 Å². The van der Waals surface area contributed by atoms with Gasteiger partial charge in [-0.2, -0.15) is 0 Å². The molecule has 0 saturated carbocycles. The molecule has 0 N–H and O–H groups in total. The number of thiophene rings is 1. The van der Waals surface area contributed by atoms with Gasteiger partial charge in [-0.15, -0.1) is 11.3 Å². The lowest BCUT2D eigenvalue weighted by atomic mass is 10.1. The highest BCUT2D eigenvalue weighted by Crippen LogP contribution is 2.40. The largest absolute Gasteiger partial charge is 0.355 e. The lowest BCUT2D eigenvalue weighted by Crippen LogP contribution is -2.33. The Morgan fingerprint density at radius 1 is 1.20 bits per heavy atom. The molecule has 0 radical (unpaired) electrons. The van der Waals surface area contributed by atoms with Crippen molar-refractivity contribution >= 4 is 37.2 Å². The standard InChI is InChI=1S/C18H19N3O2S2/c1-12-15-17(21(2)14-8-9-25(22,23)10-14)19-11-20-18(15)24-16(12)13-6-4-3-5-7-13/h3-7,11,14H,8-10H2,1-2H3/t14-/m1/s1. The zero-order valence-corrected chi connectivity index (χ0v) is 15.8. The molecule has 1 atom stereocenters. The number of rotatable bonds is 3. The predicted molar refractivity (Wildman–Crippen MR) is 103 cm³/mol. The second kappa shape index (κ2) is 6.07. The third-order valence-electron chi connectivity index (χ3n) is 4.83. The average Bonchev–Trinajstić information content (AvgIpc) is 3.15. The lowest BCUT2D eigenvalue weighted by Gasteiger charge is -2.25. The number of hydrogen-bond donors (Lipinski definition) is 0. The van der Waals surface area contributed by atoms with E-state index in [0.717, 1.165) is 21.6 Å². The first-order valence-corrected chi connectivity index (χ1v) is 10.8. The van der Waals surface area contributed by atoms with E-state index in [1.807, 2.05) is 30.1 Å². The fraction of sp³-hybridized carbons (Fsp3) is 0.333.